The zero-order valence-corrected chi connectivity index (χ0v) is 4.33. The fourth-order valence-electron chi connectivity index (χ4n) is 0.485. The molecule has 0 bridgehead atoms. The average Bonchev–Trinajstić information content (AvgIpc) is 1.69. The monoisotopic (exact) mass is 97.1 g/mol. The number of nitrogens with two attached hydrogens (primary N) is 1. The van der Waals surface area contributed by atoms with E-state index in [4.69, 9.17) is 0 Å². The van der Waals surface area contributed by atoms with Gasteiger partial charge in [-0.2, -0.15) is 0 Å². The Morgan fingerprint density at radius 1 is 1.29 bits per heavy atom. The highest BCUT2D eigenvalue weighted by molar-refractivity contribution is 4.85. The average molecular weight is 97.1 g/mol. The molecule has 0 amide bonds. The van der Waals surface area contributed by atoms with Crippen molar-refractivity contribution in [1.29, 1.82) is 0 Å². The fraction of sp³-hybridized carbons (Fsp3) is 0.200. The van der Waals surface area contributed by atoms with E-state index >= 15 is 0 Å². The van der Waals surface area contributed by atoms with Crippen LogP contribution in [0.5, 0.6) is 0 Å². The number of rotatable bonds is 0. The van der Waals surface area contributed by atoms with Crippen LogP contribution in [0.1, 0.15) is 0 Å². The van der Waals surface area contributed by atoms with Gasteiger partial charge in [-0.05, 0) is 0 Å². The molecule has 7 heavy (non-hydrogen) atoms. The molecule has 1 heterocycles. The first kappa shape index (κ1) is 4.40. The molecule has 38 valence electrons. The first-order valence-corrected chi connectivity index (χ1v) is 2.30. The summed E-state index contributed by atoms with van der Waals surface area (Å²) in [7, 11) is 2.00. The van der Waals surface area contributed by atoms with Crippen molar-refractivity contribution >= 4 is 0 Å². The quantitative estimate of drug-likeness (QED) is 0.429. The minimum atomic E-state index is 2.00. The van der Waals surface area contributed by atoms with E-state index in [0.717, 1.165) is 0 Å². The van der Waals surface area contributed by atoms with Crippen molar-refractivity contribution in [1.82, 2.24) is 4.90 Å². The maximum Gasteiger partial charge on any atom is 0.114 e. The summed E-state index contributed by atoms with van der Waals surface area (Å²) in [5.41, 5.74) is 0. The highest BCUT2D eigenvalue weighted by Crippen LogP contribution is 1.82. The molecule has 0 aromatic rings. The molecule has 0 fully saturated rings. The normalized spacial score (nSPS) is 18.1. The van der Waals surface area contributed by atoms with Crippen LogP contribution in [0.15, 0.2) is 24.8 Å². The molecular weight excluding hydrogens is 88.1 g/mol. The van der Waals surface area contributed by atoms with Gasteiger partial charge in [0.05, 0.1) is 12.4 Å². The lowest BCUT2D eigenvalue weighted by atomic mass is 10.6. The van der Waals surface area contributed by atoms with Gasteiger partial charge < -0.3 is 4.90 Å². The van der Waals surface area contributed by atoms with Gasteiger partial charge in [-0.3, -0.25) is 5.32 Å². The van der Waals surface area contributed by atoms with Gasteiger partial charge in [0.25, 0.3) is 0 Å². The van der Waals surface area contributed by atoms with Crippen LogP contribution in [0, 0.1) is 0 Å². The van der Waals surface area contributed by atoms with E-state index in [-0.39, 0.29) is 0 Å². The Bertz CT molecular complexity index is 92.6. The van der Waals surface area contributed by atoms with Crippen LogP contribution in [0.2, 0.25) is 0 Å². The molecule has 0 radical (unpaired) electrons. The number of hydrogen-bond donors (Lipinski definition) is 1. The summed E-state index contributed by atoms with van der Waals surface area (Å²) in [6, 6.07) is 0. The molecule has 0 atom stereocenters. The third-order valence-corrected chi connectivity index (χ3v) is 0.865. The van der Waals surface area contributed by atoms with Crippen LogP contribution < -0.4 is 5.32 Å². The highest BCUT2D eigenvalue weighted by Gasteiger charge is 1.87. The summed E-state index contributed by atoms with van der Waals surface area (Å²) in [5.74, 6) is 0. The van der Waals surface area contributed by atoms with E-state index in [9.17, 15) is 0 Å². The van der Waals surface area contributed by atoms with E-state index in [1.165, 1.54) is 0 Å². The molecule has 0 aromatic heterocycles. The van der Waals surface area contributed by atoms with Crippen molar-refractivity contribution in [2.45, 2.75) is 0 Å². The van der Waals surface area contributed by atoms with Crippen LogP contribution in [0.25, 0.3) is 0 Å². The predicted molar refractivity (Wildman–Crippen MR) is 28.0 cm³/mol. The van der Waals surface area contributed by atoms with Crippen LogP contribution in [0.4, 0.5) is 0 Å². The summed E-state index contributed by atoms with van der Waals surface area (Å²) in [6.07, 6.45) is 8.00. The third kappa shape index (κ3) is 1.05. The molecule has 0 aromatic carbocycles. The van der Waals surface area contributed by atoms with E-state index in [1.54, 1.807) is 0 Å². The summed E-state index contributed by atoms with van der Waals surface area (Å²) in [4.78, 5) is 2.00. The second-order valence-electron chi connectivity index (χ2n) is 1.54. The SMILES string of the molecule is CN1C=C[NH2+]C=C1. The van der Waals surface area contributed by atoms with E-state index < -0.39 is 0 Å². The van der Waals surface area contributed by atoms with Crippen molar-refractivity contribution in [3.8, 4) is 0 Å². The van der Waals surface area contributed by atoms with Gasteiger partial charge >= 0.3 is 0 Å². The highest BCUT2D eigenvalue weighted by atomic mass is 15.1. The molecule has 2 N–H and O–H groups in total. The summed E-state index contributed by atoms with van der Waals surface area (Å²) >= 11 is 0. The Kier molecular flexibility index (Phi) is 1.13. The molecule has 1 aliphatic rings. The Morgan fingerprint density at radius 3 is 2.14 bits per heavy atom. The van der Waals surface area contributed by atoms with Gasteiger partial charge in [0.15, 0.2) is 0 Å². The zero-order valence-electron chi connectivity index (χ0n) is 4.33. The molecule has 2 heteroatoms. The van der Waals surface area contributed by atoms with E-state index in [2.05, 4.69) is 0 Å². The molecule has 0 aliphatic carbocycles. The van der Waals surface area contributed by atoms with E-state index in [1.807, 2.05) is 42.1 Å². The Labute approximate surface area is 43.1 Å². The lowest BCUT2D eigenvalue weighted by Gasteiger charge is -2.06. The van der Waals surface area contributed by atoms with E-state index in [0.29, 0.717) is 0 Å². The predicted octanol–water partition coefficient (Wildman–Crippen LogP) is -0.562. The summed E-state index contributed by atoms with van der Waals surface area (Å²) < 4.78 is 0. The zero-order chi connectivity index (χ0) is 5.11. The molecule has 0 saturated heterocycles. The second-order valence-corrected chi connectivity index (χ2v) is 1.54. The van der Waals surface area contributed by atoms with Gasteiger partial charge in [0.1, 0.15) is 12.4 Å². The lowest BCUT2D eigenvalue weighted by Crippen LogP contribution is -2.72. The summed E-state index contributed by atoms with van der Waals surface area (Å²) in [6.45, 7) is 0. The van der Waals surface area contributed by atoms with Crippen molar-refractivity contribution in [3.63, 3.8) is 0 Å². The van der Waals surface area contributed by atoms with Crippen molar-refractivity contribution < 1.29 is 5.32 Å². The van der Waals surface area contributed by atoms with Crippen LogP contribution >= 0.6 is 0 Å². The first-order valence-electron chi connectivity index (χ1n) is 2.30. The lowest BCUT2D eigenvalue weighted by molar-refractivity contribution is -0.517. The van der Waals surface area contributed by atoms with Crippen molar-refractivity contribution in [3.05, 3.63) is 24.8 Å². The largest absolute Gasteiger partial charge is 0.348 e. The van der Waals surface area contributed by atoms with Crippen molar-refractivity contribution in [2.24, 2.45) is 0 Å². The molecule has 1 rings (SSSR count). The summed E-state index contributed by atoms with van der Waals surface area (Å²) in [5, 5.41) is 2.00. The van der Waals surface area contributed by atoms with Crippen molar-refractivity contribution in [2.75, 3.05) is 7.05 Å². The number of quaternary nitrogens is 1. The Hall–Kier alpha value is -0.760. The molecule has 2 nitrogen and oxygen atoms in total. The van der Waals surface area contributed by atoms with Gasteiger partial charge in [0, 0.05) is 7.05 Å². The molecule has 0 spiro atoms. The Morgan fingerprint density at radius 2 is 1.86 bits per heavy atom. The molecule has 1 aliphatic heterocycles. The van der Waals surface area contributed by atoms with Gasteiger partial charge in [0.2, 0.25) is 0 Å². The third-order valence-electron chi connectivity index (χ3n) is 0.865. The Balaban J connectivity index is 2.49. The number of nitrogens with zero attached hydrogens (tertiary/aromatic N) is 1. The maximum absolute atomic E-state index is 2.00. The minimum absolute atomic E-state index is 2.00. The standard InChI is InChI=1S/C5H8N2/c1-7-4-2-6-3-5-7/h2-6H,1H3/p+1. The molecule has 0 unspecified atom stereocenters. The molecular formula is C5H9N2+. The topological polar surface area (TPSA) is 19.9 Å². The maximum atomic E-state index is 2.00. The van der Waals surface area contributed by atoms with Crippen LogP contribution in [0.3, 0.4) is 0 Å². The molecule has 0 saturated carbocycles. The van der Waals surface area contributed by atoms with Crippen LogP contribution in [-0.2, 0) is 0 Å². The van der Waals surface area contributed by atoms with Crippen LogP contribution in [-0.4, -0.2) is 11.9 Å². The minimum Gasteiger partial charge on any atom is -0.348 e. The first-order chi connectivity index (χ1) is 3.39. The van der Waals surface area contributed by atoms with Gasteiger partial charge in [-0.15, -0.1) is 0 Å². The van der Waals surface area contributed by atoms with Gasteiger partial charge in [-0.1, -0.05) is 0 Å². The fourth-order valence-corrected chi connectivity index (χ4v) is 0.485. The number of hydrogen-bond acceptors (Lipinski definition) is 1. The van der Waals surface area contributed by atoms with Gasteiger partial charge in [-0.25, -0.2) is 0 Å². The second kappa shape index (κ2) is 1.80. The smallest absolute Gasteiger partial charge is 0.114 e.